The van der Waals surface area contributed by atoms with E-state index in [-0.39, 0.29) is 5.95 Å². The largest absolute Gasteiger partial charge is 0.496 e. The molecule has 0 radical (unpaired) electrons. The summed E-state index contributed by atoms with van der Waals surface area (Å²) in [5.74, 6) is 1.05. The van der Waals surface area contributed by atoms with E-state index in [0.717, 1.165) is 22.4 Å². The molecule has 90 valence electrons. The molecule has 2 rings (SSSR count). The van der Waals surface area contributed by atoms with Gasteiger partial charge in [0.25, 0.3) is 0 Å². The van der Waals surface area contributed by atoms with E-state index in [1.165, 1.54) is 0 Å². The molecule has 5 heteroatoms. The first-order valence-electron chi connectivity index (χ1n) is 5.36. The van der Waals surface area contributed by atoms with Gasteiger partial charge in [-0.25, -0.2) is 9.97 Å². The molecule has 0 atom stereocenters. The zero-order chi connectivity index (χ0) is 13.0. The molecule has 0 fully saturated rings. The average molecular weight is 240 g/mol. The summed E-state index contributed by atoms with van der Waals surface area (Å²) < 4.78 is 5.31. The fourth-order valence-electron chi connectivity index (χ4n) is 1.63. The van der Waals surface area contributed by atoms with Crippen molar-refractivity contribution in [2.75, 3.05) is 12.4 Å². The van der Waals surface area contributed by atoms with E-state index in [2.05, 4.69) is 15.3 Å². The van der Waals surface area contributed by atoms with Gasteiger partial charge >= 0.3 is 0 Å². The lowest BCUT2D eigenvalue weighted by atomic mass is 10.1. The summed E-state index contributed by atoms with van der Waals surface area (Å²) in [5.41, 5.74) is 2.91. The molecule has 5 nitrogen and oxygen atoms in total. The molecule has 1 aromatic carbocycles. The van der Waals surface area contributed by atoms with Crippen LogP contribution in [0.15, 0.2) is 30.6 Å². The second-order valence-corrected chi connectivity index (χ2v) is 3.74. The number of hydrogen-bond acceptors (Lipinski definition) is 5. The topological polar surface area (TPSA) is 70.8 Å². The van der Waals surface area contributed by atoms with Gasteiger partial charge in [-0.1, -0.05) is 11.6 Å². The molecule has 0 aliphatic heterocycles. The second-order valence-electron chi connectivity index (χ2n) is 3.74. The lowest BCUT2D eigenvalue weighted by Crippen LogP contribution is -1.96. The second kappa shape index (κ2) is 5.15. The van der Waals surface area contributed by atoms with Crippen molar-refractivity contribution in [3.05, 3.63) is 36.2 Å². The quantitative estimate of drug-likeness (QED) is 0.658. The Morgan fingerprint density at radius 3 is 2.61 bits per heavy atom. The fourth-order valence-corrected chi connectivity index (χ4v) is 1.63. The van der Waals surface area contributed by atoms with Crippen LogP contribution in [0.2, 0.25) is 0 Å². The first kappa shape index (κ1) is 11.9. The third-order valence-corrected chi connectivity index (χ3v) is 2.49. The number of aryl methyl sites for hydroxylation is 1. The van der Waals surface area contributed by atoms with E-state index < -0.39 is 0 Å². The Morgan fingerprint density at radius 2 is 2.00 bits per heavy atom. The lowest BCUT2D eigenvalue weighted by Gasteiger charge is -2.09. The number of ether oxygens (including phenoxy) is 1. The van der Waals surface area contributed by atoms with Crippen molar-refractivity contribution >= 4 is 5.95 Å². The number of rotatable bonds is 3. The first-order chi connectivity index (χ1) is 8.74. The Balaban J connectivity index is 2.42. The summed E-state index contributed by atoms with van der Waals surface area (Å²) in [6.07, 6.45) is 5.09. The van der Waals surface area contributed by atoms with E-state index in [9.17, 15) is 0 Å². The molecular weight excluding hydrogens is 228 g/mol. The molecule has 1 N–H and O–H groups in total. The van der Waals surface area contributed by atoms with Gasteiger partial charge in [-0.15, -0.1) is 0 Å². The highest BCUT2D eigenvalue weighted by Crippen LogP contribution is 2.30. The molecular formula is C13H12N4O. The molecule has 0 saturated heterocycles. The van der Waals surface area contributed by atoms with E-state index in [4.69, 9.17) is 10.00 Å². The SMILES string of the molecule is COc1ccc(C)cc1-c1cnc(NC#N)nc1. The van der Waals surface area contributed by atoms with Gasteiger partial charge in [0.15, 0.2) is 6.19 Å². The van der Waals surface area contributed by atoms with Gasteiger partial charge in [-0.3, -0.25) is 5.32 Å². The summed E-state index contributed by atoms with van der Waals surface area (Å²) in [5, 5.41) is 10.8. The molecule has 18 heavy (non-hydrogen) atoms. The summed E-state index contributed by atoms with van der Waals surface area (Å²) in [4.78, 5) is 8.10. The van der Waals surface area contributed by atoms with Gasteiger partial charge in [-0.05, 0) is 19.1 Å². The fraction of sp³-hybridized carbons (Fsp3) is 0.154. The number of nitrogens with zero attached hydrogens (tertiary/aromatic N) is 3. The van der Waals surface area contributed by atoms with Crippen molar-refractivity contribution in [1.82, 2.24) is 9.97 Å². The zero-order valence-electron chi connectivity index (χ0n) is 10.1. The van der Waals surface area contributed by atoms with E-state index in [0.29, 0.717) is 0 Å². The molecule has 1 aromatic heterocycles. The molecule has 0 spiro atoms. The van der Waals surface area contributed by atoms with Gasteiger partial charge in [0.05, 0.1) is 7.11 Å². The van der Waals surface area contributed by atoms with E-state index in [1.54, 1.807) is 25.7 Å². The predicted octanol–water partition coefficient (Wildman–Crippen LogP) is 2.35. The standard InChI is InChI=1S/C13H12N4O/c1-9-3-4-12(18-2)11(5-9)10-6-15-13(16-7-10)17-8-14/h3-7H,1-2H3,(H,15,16,17). The van der Waals surface area contributed by atoms with Gasteiger partial charge < -0.3 is 4.74 Å². The van der Waals surface area contributed by atoms with Crippen molar-refractivity contribution in [1.29, 1.82) is 5.26 Å². The minimum Gasteiger partial charge on any atom is -0.496 e. The number of methoxy groups -OCH3 is 1. The minimum atomic E-state index is 0.285. The van der Waals surface area contributed by atoms with E-state index >= 15 is 0 Å². The van der Waals surface area contributed by atoms with Crippen LogP contribution in [0.1, 0.15) is 5.56 Å². The van der Waals surface area contributed by atoms with Crippen molar-refractivity contribution in [2.24, 2.45) is 0 Å². The van der Waals surface area contributed by atoms with Gasteiger partial charge in [0.1, 0.15) is 5.75 Å². The number of anilines is 1. The van der Waals surface area contributed by atoms with Gasteiger partial charge in [-0.2, -0.15) is 5.26 Å². The minimum absolute atomic E-state index is 0.285. The Morgan fingerprint density at radius 1 is 1.28 bits per heavy atom. The molecule has 0 unspecified atom stereocenters. The molecule has 0 bridgehead atoms. The van der Waals surface area contributed by atoms with Crippen LogP contribution >= 0.6 is 0 Å². The predicted molar refractivity (Wildman–Crippen MR) is 68.0 cm³/mol. The summed E-state index contributed by atoms with van der Waals surface area (Å²) >= 11 is 0. The first-order valence-corrected chi connectivity index (χ1v) is 5.36. The number of hydrogen-bond donors (Lipinski definition) is 1. The summed E-state index contributed by atoms with van der Waals surface area (Å²) in [7, 11) is 1.63. The Kier molecular flexibility index (Phi) is 3.39. The smallest absolute Gasteiger partial charge is 0.236 e. The van der Waals surface area contributed by atoms with E-state index in [1.807, 2.05) is 25.1 Å². The van der Waals surface area contributed by atoms with Crippen LogP contribution in [0, 0.1) is 18.4 Å². The van der Waals surface area contributed by atoms with Gasteiger partial charge in [0.2, 0.25) is 5.95 Å². The number of nitriles is 1. The number of nitrogens with one attached hydrogen (secondary N) is 1. The third-order valence-electron chi connectivity index (χ3n) is 2.49. The maximum Gasteiger partial charge on any atom is 0.236 e. The van der Waals surface area contributed by atoms with Crippen molar-refractivity contribution in [2.45, 2.75) is 6.92 Å². The van der Waals surface area contributed by atoms with Crippen molar-refractivity contribution in [3.63, 3.8) is 0 Å². The zero-order valence-corrected chi connectivity index (χ0v) is 10.1. The Labute approximate surface area is 105 Å². The molecule has 0 amide bonds. The van der Waals surface area contributed by atoms with Gasteiger partial charge in [0, 0.05) is 23.5 Å². The maximum atomic E-state index is 8.46. The van der Waals surface area contributed by atoms with Crippen LogP contribution in [-0.2, 0) is 0 Å². The average Bonchev–Trinajstić information content (AvgIpc) is 2.40. The Bertz CT molecular complexity index is 587. The summed E-state index contributed by atoms with van der Waals surface area (Å²) in [6.45, 7) is 2.01. The third kappa shape index (κ3) is 2.38. The van der Waals surface area contributed by atoms with Crippen LogP contribution in [0.4, 0.5) is 5.95 Å². The molecule has 0 saturated carbocycles. The number of aromatic nitrogens is 2. The van der Waals surface area contributed by atoms with Crippen molar-refractivity contribution in [3.8, 4) is 23.1 Å². The van der Waals surface area contributed by atoms with Crippen LogP contribution in [0.3, 0.4) is 0 Å². The Hall–Kier alpha value is -2.61. The maximum absolute atomic E-state index is 8.46. The summed E-state index contributed by atoms with van der Waals surface area (Å²) in [6, 6.07) is 5.90. The van der Waals surface area contributed by atoms with Crippen LogP contribution < -0.4 is 10.1 Å². The highest BCUT2D eigenvalue weighted by molar-refractivity contribution is 5.70. The van der Waals surface area contributed by atoms with Crippen LogP contribution in [0.5, 0.6) is 5.75 Å². The highest BCUT2D eigenvalue weighted by Gasteiger charge is 2.07. The lowest BCUT2D eigenvalue weighted by molar-refractivity contribution is 0.416. The van der Waals surface area contributed by atoms with Crippen LogP contribution in [0.25, 0.3) is 11.1 Å². The van der Waals surface area contributed by atoms with Crippen molar-refractivity contribution < 1.29 is 4.74 Å². The highest BCUT2D eigenvalue weighted by atomic mass is 16.5. The molecule has 0 aliphatic carbocycles. The molecule has 1 heterocycles. The van der Waals surface area contributed by atoms with Crippen LogP contribution in [-0.4, -0.2) is 17.1 Å². The normalized spacial score (nSPS) is 9.61. The monoisotopic (exact) mass is 240 g/mol. The molecule has 0 aliphatic rings. The number of benzene rings is 1. The molecule has 2 aromatic rings.